The lowest BCUT2D eigenvalue weighted by Crippen LogP contribution is -2.28. The number of nitrogens with two attached hydrogens (primary N) is 1. The number of carbonyl (C=O) groups is 1. The van der Waals surface area contributed by atoms with Crippen molar-refractivity contribution in [3.05, 3.63) is 29.7 Å². The number of H-pyrrole nitrogens is 1. The van der Waals surface area contributed by atoms with Crippen LogP contribution in [0.15, 0.2) is 18.5 Å². The smallest absolute Gasteiger partial charge is 0.269 e. The predicted octanol–water partition coefficient (Wildman–Crippen LogP) is 1.13. The van der Waals surface area contributed by atoms with Gasteiger partial charge in [-0.3, -0.25) is 4.79 Å². The molecule has 0 spiro atoms. The number of rotatable bonds is 2. The molecule has 18 heavy (non-hydrogen) atoms. The van der Waals surface area contributed by atoms with Gasteiger partial charge in [-0.1, -0.05) is 0 Å². The molecule has 0 saturated carbocycles. The lowest BCUT2D eigenvalue weighted by atomic mass is 9.90. The number of aromatic amines is 1. The van der Waals surface area contributed by atoms with E-state index < -0.39 is 5.91 Å². The summed E-state index contributed by atoms with van der Waals surface area (Å²) in [6.45, 7) is 2.05. The molecule has 0 aromatic carbocycles. The third-order valence-electron chi connectivity index (χ3n) is 3.60. The average molecular weight is 244 g/mol. The molecule has 5 nitrogen and oxygen atoms in total. The van der Waals surface area contributed by atoms with E-state index in [-0.39, 0.29) is 0 Å². The number of aromatic nitrogens is 2. The predicted molar refractivity (Wildman–Crippen MR) is 69.5 cm³/mol. The molecule has 1 saturated heterocycles. The maximum Gasteiger partial charge on any atom is 0.269 e. The Morgan fingerprint density at radius 2 is 2.39 bits per heavy atom. The molecule has 1 amide bonds. The minimum atomic E-state index is -0.490. The first kappa shape index (κ1) is 11.2. The third-order valence-corrected chi connectivity index (χ3v) is 3.60. The fraction of sp³-hybridized carbons (Fsp3) is 0.385. The summed E-state index contributed by atoms with van der Waals surface area (Å²) < 4.78 is 0. The standard InChI is InChI=1S/C13H16N4O/c14-13(18)12-11-9(3-5-16-11)10(7-17-12)8-2-1-4-15-6-8/h3,5,7-8,15-16H,1-2,4,6H2,(H2,14,18). The largest absolute Gasteiger partial charge is 0.364 e. The average Bonchev–Trinajstić information content (AvgIpc) is 2.87. The van der Waals surface area contributed by atoms with Gasteiger partial charge in [0.2, 0.25) is 0 Å². The van der Waals surface area contributed by atoms with Crippen LogP contribution in [0.2, 0.25) is 0 Å². The zero-order valence-electron chi connectivity index (χ0n) is 10.1. The third kappa shape index (κ3) is 1.76. The second kappa shape index (κ2) is 4.42. The molecule has 0 bridgehead atoms. The number of nitrogens with zero attached hydrogens (tertiary/aromatic N) is 1. The van der Waals surface area contributed by atoms with Crippen molar-refractivity contribution in [2.24, 2.45) is 5.73 Å². The van der Waals surface area contributed by atoms with Gasteiger partial charge in [0.05, 0.1) is 5.52 Å². The minimum absolute atomic E-state index is 0.322. The molecule has 2 aromatic rings. The van der Waals surface area contributed by atoms with Gasteiger partial charge >= 0.3 is 0 Å². The van der Waals surface area contributed by atoms with Crippen LogP contribution < -0.4 is 11.1 Å². The highest BCUT2D eigenvalue weighted by Crippen LogP contribution is 2.29. The van der Waals surface area contributed by atoms with Crippen LogP contribution >= 0.6 is 0 Å². The number of amides is 1. The molecule has 2 aromatic heterocycles. The number of carbonyl (C=O) groups excluding carboxylic acids is 1. The fourth-order valence-corrected chi connectivity index (χ4v) is 2.70. The number of piperidine rings is 1. The number of hydrogen-bond acceptors (Lipinski definition) is 3. The van der Waals surface area contributed by atoms with Crippen LogP contribution in [0.5, 0.6) is 0 Å². The van der Waals surface area contributed by atoms with Crippen LogP contribution in [0.1, 0.15) is 34.8 Å². The first-order valence-corrected chi connectivity index (χ1v) is 6.24. The summed E-state index contributed by atoms with van der Waals surface area (Å²) in [5.74, 6) is -0.0257. The van der Waals surface area contributed by atoms with Crippen molar-refractivity contribution >= 4 is 16.8 Å². The molecule has 1 unspecified atom stereocenters. The molecule has 4 N–H and O–H groups in total. The Hall–Kier alpha value is -1.88. The maximum atomic E-state index is 11.3. The van der Waals surface area contributed by atoms with Crippen molar-refractivity contribution in [2.75, 3.05) is 13.1 Å². The molecule has 1 atom stereocenters. The molecular weight excluding hydrogens is 228 g/mol. The Kier molecular flexibility index (Phi) is 2.76. The second-order valence-electron chi connectivity index (χ2n) is 4.74. The van der Waals surface area contributed by atoms with Crippen LogP contribution in [0, 0.1) is 0 Å². The molecule has 5 heteroatoms. The van der Waals surface area contributed by atoms with Gasteiger partial charge in [-0.2, -0.15) is 0 Å². The van der Waals surface area contributed by atoms with Gasteiger partial charge in [-0.15, -0.1) is 0 Å². The second-order valence-corrected chi connectivity index (χ2v) is 4.74. The fourth-order valence-electron chi connectivity index (χ4n) is 2.70. The number of fused-ring (bicyclic) bond motifs is 1. The highest BCUT2D eigenvalue weighted by atomic mass is 16.1. The zero-order valence-corrected chi connectivity index (χ0v) is 10.1. The summed E-state index contributed by atoms with van der Waals surface area (Å²) >= 11 is 0. The molecule has 3 heterocycles. The molecule has 1 aliphatic rings. The summed E-state index contributed by atoms with van der Waals surface area (Å²) in [4.78, 5) is 18.6. The van der Waals surface area contributed by atoms with Crippen LogP contribution in [0.25, 0.3) is 10.9 Å². The van der Waals surface area contributed by atoms with Crippen LogP contribution in [-0.4, -0.2) is 29.0 Å². The van der Waals surface area contributed by atoms with Gasteiger partial charge < -0.3 is 16.0 Å². The minimum Gasteiger partial charge on any atom is -0.364 e. The number of pyridine rings is 1. The highest BCUT2D eigenvalue weighted by Gasteiger charge is 2.20. The number of hydrogen-bond donors (Lipinski definition) is 3. The maximum absolute atomic E-state index is 11.3. The molecule has 3 rings (SSSR count). The topological polar surface area (TPSA) is 83.8 Å². The summed E-state index contributed by atoms with van der Waals surface area (Å²) in [6, 6.07) is 1.99. The summed E-state index contributed by atoms with van der Waals surface area (Å²) in [7, 11) is 0. The Labute approximate surface area is 105 Å². The van der Waals surface area contributed by atoms with Gasteiger partial charge in [0.15, 0.2) is 5.69 Å². The van der Waals surface area contributed by atoms with Gasteiger partial charge in [0.25, 0.3) is 5.91 Å². The molecule has 94 valence electrons. The number of primary amides is 1. The van der Waals surface area contributed by atoms with Gasteiger partial charge in [-0.25, -0.2) is 4.98 Å². The van der Waals surface area contributed by atoms with E-state index >= 15 is 0 Å². The van der Waals surface area contributed by atoms with Gasteiger partial charge in [-0.05, 0) is 36.9 Å². The normalized spacial score (nSPS) is 20.1. The van der Waals surface area contributed by atoms with Crippen molar-refractivity contribution in [3.63, 3.8) is 0 Å². The first-order chi connectivity index (χ1) is 8.77. The zero-order chi connectivity index (χ0) is 12.5. The van der Waals surface area contributed by atoms with Crippen LogP contribution in [0.4, 0.5) is 0 Å². The summed E-state index contributed by atoms with van der Waals surface area (Å²) in [6.07, 6.45) is 5.96. The molecule has 1 aliphatic heterocycles. The lowest BCUT2D eigenvalue weighted by molar-refractivity contribution is 0.0997. The summed E-state index contributed by atoms with van der Waals surface area (Å²) in [5, 5.41) is 4.46. The van der Waals surface area contributed by atoms with E-state index in [4.69, 9.17) is 5.73 Å². The molecule has 0 aliphatic carbocycles. The van der Waals surface area contributed by atoms with E-state index in [0.717, 1.165) is 30.4 Å². The highest BCUT2D eigenvalue weighted by molar-refractivity contribution is 6.03. The van der Waals surface area contributed by atoms with Crippen LogP contribution in [-0.2, 0) is 0 Å². The lowest BCUT2D eigenvalue weighted by Gasteiger charge is -2.23. The van der Waals surface area contributed by atoms with Crippen molar-refractivity contribution in [3.8, 4) is 0 Å². The van der Waals surface area contributed by atoms with E-state index in [1.54, 1.807) is 6.20 Å². The molecule has 0 radical (unpaired) electrons. The molecule has 1 fully saturated rings. The van der Waals surface area contributed by atoms with E-state index in [1.165, 1.54) is 12.0 Å². The van der Waals surface area contributed by atoms with Crippen molar-refractivity contribution in [1.29, 1.82) is 0 Å². The van der Waals surface area contributed by atoms with Crippen molar-refractivity contribution < 1.29 is 4.79 Å². The van der Waals surface area contributed by atoms with Crippen molar-refractivity contribution in [2.45, 2.75) is 18.8 Å². The molecular formula is C13H16N4O. The van der Waals surface area contributed by atoms with Crippen LogP contribution in [0.3, 0.4) is 0 Å². The van der Waals surface area contributed by atoms with Gasteiger partial charge in [0, 0.05) is 24.3 Å². The summed E-state index contributed by atoms with van der Waals surface area (Å²) in [5.41, 5.74) is 7.61. The monoisotopic (exact) mass is 244 g/mol. The Morgan fingerprint density at radius 1 is 1.50 bits per heavy atom. The van der Waals surface area contributed by atoms with E-state index in [0.29, 0.717) is 11.6 Å². The van der Waals surface area contributed by atoms with Crippen molar-refractivity contribution in [1.82, 2.24) is 15.3 Å². The Morgan fingerprint density at radius 3 is 3.11 bits per heavy atom. The number of nitrogens with one attached hydrogen (secondary N) is 2. The first-order valence-electron chi connectivity index (χ1n) is 6.24. The Balaban J connectivity index is 2.10. The van der Waals surface area contributed by atoms with E-state index in [1.807, 2.05) is 12.3 Å². The van der Waals surface area contributed by atoms with Gasteiger partial charge in [0.1, 0.15) is 0 Å². The van der Waals surface area contributed by atoms with E-state index in [9.17, 15) is 4.79 Å². The quantitative estimate of drug-likeness (QED) is 0.740. The van der Waals surface area contributed by atoms with E-state index in [2.05, 4.69) is 15.3 Å². The Bertz CT molecular complexity index is 584. The SMILES string of the molecule is NC(=O)c1ncc(C2CCCNC2)c2cc[nH]c12.